The molecular weight excluding hydrogens is 357 g/mol. The Morgan fingerprint density at radius 2 is 1.77 bits per heavy atom. The highest BCUT2D eigenvalue weighted by atomic mass is 32.2. The van der Waals surface area contributed by atoms with Crippen molar-refractivity contribution in [1.29, 1.82) is 0 Å². The minimum absolute atomic E-state index is 0.0275. The molecule has 2 aromatic rings. The van der Waals surface area contributed by atoms with Crippen molar-refractivity contribution in [2.75, 3.05) is 6.26 Å². The Labute approximate surface area is 153 Å². The number of benzene rings is 2. The van der Waals surface area contributed by atoms with Crippen molar-refractivity contribution in [2.45, 2.75) is 37.3 Å². The molecule has 2 aromatic carbocycles. The molecule has 0 fully saturated rings. The summed E-state index contributed by atoms with van der Waals surface area (Å²) in [7, 11) is -3.27. The summed E-state index contributed by atoms with van der Waals surface area (Å²) in [5.74, 6) is -0.863. The van der Waals surface area contributed by atoms with Crippen molar-refractivity contribution < 1.29 is 22.3 Å². The van der Waals surface area contributed by atoms with E-state index in [0.29, 0.717) is 6.42 Å². The summed E-state index contributed by atoms with van der Waals surface area (Å²) in [6.45, 7) is 3.56. The van der Waals surface area contributed by atoms with Crippen LogP contribution in [0, 0.1) is 5.82 Å². The Morgan fingerprint density at radius 1 is 1.15 bits per heavy atom. The molecule has 0 aliphatic carbocycles. The van der Waals surface area contributed by atoms with Crippen LogP contribution in [0.15, 0.2) is 53.4 Å². The van der Waals surface area contributed by atoms with Crippen LogP contribution in [0.5, 0.6) is 5.75 Å². The van der Waals surface area contributed by atoms with Crippen molar-refractivity contribution in [2.24, 2.45) is 0 Å². The average Bonchev–Trinajstić information content (AvgIpc) is 2.60. The predicted molar refractivity (Wildman–Crippen MR) is 97.2 cm³/mol. The lowest BCUT2D eigenvalue weighted by atomic mass is 10.1. The lowest BCUT2D eigenvalue weighted by Gasteiger charge is -2.21. The number of para-hydroxylation sites is 1. The van der Waals surface area contributed by atoms with E-state index in [1.165, 1.54) is 24.3 Å². The van der Waals surface area contributed by atoms with Gasteiger partial charge < -0.3 is 10.1 Å². The van der Waals surface area contributed by atoms with Crippen LogP contribution in [-0.2, 0) is 14.6 Å². The Hall–Kier alpha value is -2.41. The zero-order chi connectivity index (χ0) is 19.3. The van der Waals surface area contributed by atoms with E-state index in [9.17, 15) is 17.6 Å². The molecule has 1 amide bonds. The van der Waals surface area contributed by atoms with Crippen LogP contribution in [-0.4, -0.2) is 26.7 Å². The predicted octanol–water partition coefficient (Wildman–Crippen LogP) is 3.26. The third-order valence-corrected chi connectivity index (χ3v) is 5.06. The summed E-state index contributed by atoms with van der Waals surface area (Å²) in [6.07, 6.45) is 0.684. The van der Waals surface area contributed by atoms with E-state index in [2.05, 4.69) is 5.32 Å². The fraction of sp³-hybridized carbons (Fsp3) is 0.316. The Balaban J connectivity index is 2.06. The van der Waals surface area contributed by atoms with Crippen LogP contribution in [0.2, 0.25) is 0 Å². The van der Waals surface area contributed by atoms with Crippen molar-refractivity contribution in [3.8, 4) is 5.75 Å². The summed E-state index contributed by atoms with van der Waals surface area (Å²) in [4.78, 5) is 12.7. The number of halogens is 1. The summed E-state index contributed by atoms with van der Waals surface area (Å²) in [5, 5.41) is 2.81. The summed E-state index contributed by atoms with van der Waals surface area (Å²) < 4.78 is 42.2. The van der Waals surface area contributed by atoms with Gasteiger partial charge in [-0.25, -0.2) is 12.8 Å². The maximum absolute atomic E-state index is 13.7. The van der Waals surface area contributed by atoms with Crippen LogP contribution in [0.1, 0.15) is 31.9 Å². The van der Waals surface area contributed by atoms with Gasteiger partial charge in [0.2, 0.25) is 0 Å². The number of amides is 1. The van der Waals surface area contributed by atoms with Gasteiger partial charge in [-0.1, -0.05) is 31.2 Å². The summed E-state index contributed by atoms with van der Waals surface area (Å²) >= 11 is 0. The second-order valence-corrected chi connectivity index (χ2v) is 8.03. The molecule has 1 N–H and O–H groups in total. The first-order valence-corrected chi connectivity index (χ1v) is 10.1. The number of sulfone groups is 1. The van der Waals surface area contributed by atoms with Crippen molar-refractivity contribution in [1.82, 2.24) is 5.32 Å². The molecule has 140 valence electrons. The third kappa shape index (κ3) is 5.05. The second-order valence-electron chi connectivity index (χ2n) is 6.02. The van der Waals surface area contributed by atoms with Gasteiger partial charge in [-0.05, 0) is 43.2 Å². The van der Waals surface area contributed by atoms with Crippen LogP contribution in [0.25, 0.3) is 0 Å². The number of rotatable bonds is 7. The van der Waals surface area contributed by atoms with E-state index >= 15 is 0 Å². The number of nitrogens with one attached hydrogen (secondary N) is 1. The fourth-order valence-electron chi connectivity index (χ4n) is 2.41. The van der Waals surface area contributed by atoms with Gasteiger partial charge in [0.05, 0.1) is 10.9 Å². The monoisotopic (exact) mass is 379 g/mol. The zero-order valence-corrected chi connectivity index (χ0v) is 15.7. The topological polar surface area (TPSA) is 72.5 Å². The van der Waals surface area contributed by atoms with Gasteiger partial charge in [-0.3, -0.25) is 4.79 Å². The van der Waals surface area contributed by atoms with E-state index in [-0.39, 0.29) is 22.6 Å². The van der Waals surface area contributed by atoms with Crippen molar-refractivity contribution in [3.05, 3.63) is 59.9 Å². The van der Waals surface area contributed by atoms with Gasteiger partial charge in [-0.15, -0.1) is 0 Å². The zero-order valence-electron chi connectivity index (χ0n) is 14.9. The van der Waals surface area contributed by atoms with Crippen LogP contribution in [0.4, 0.5) is 4.39 Å². The van der Waals surface area contributed by atoms with E-state index in [4.69, 9.17) is 4.74 Å². The Morgan fingerprint density at radius 3 is 2.31 bits per heavy atom. The maximum atomic E-state index is 13.7. The van der Waals surface area contributed by atoms with Crippen molar-refractivity contribution >= 4 is 15.7 Å². The first-order valence-electron chi connectivity index (χ1n) is 8.24. The Kier molecular flexibility index (Phi) is 6.37. The summed E-state index contributed by atoms with van der Waals surface area (Å²) in [6, 6.07) is 11.9. The quantitative estimate of drug-likeness (QED) is 0.801. The minimum atomic E-state index is -3.27. The smallest absolute Gasteiger partial charge is 0.261 e. The number of hydrogen-bond acceptors (Lipinski definition) is 4. The van der Waals surface area contributed by atoms with E-state index < -0.39 is 21.8 Å². The van der Waals surface area contributed by atoms with E-state index in [1.54, 1.807) is 38.1 Å². The van der Waals surface area contributed by atoms with Gasteiger partial charge in [0.25, 0.3) is 5.91 Å². The molecule has 0 aromatic heterocycles. The number of carbonyl (C=O) groups is 1. The molecule has 0 radical (unpaired) electrons. The highest BCUT2D eigenvalue weighted by Crippen LogP contribution is 2.20. The molecule has 0 unspecified atom stereocenters. The fourth-order valence-corrected chi connectivity index (χ4v) is 3.04. The SMILES string of the molecule is CC[C@H](Oc1ccccc1F)C(=O)N[C@@H](C)c1ccc(S(C)(=O)=O)cc1. The molecular formula is C19H22FNO4S. The number of ether oxygens (including phenoxy) is 1. The maximum Gasteiger partial charge on any atom is 0.261 e. The number of hydrogen-bond donors (Lipinski definition) is 1. The lowest BCUT2D eigenvalue weighted by molar-refractivity contribution is -0.128. The molecule has 0 saturated heterocycles. The van der Waals surface area contributed by atoms with E-state index in [1.807, 2.05) is 0 Å². The van der Waals surface area contributed by atoms with Gasteiger partial charge in [0, 0.05) is 6.26 Å². The van der Waals surface area contributed by atoms with Crippen molar-refractivity contribution in [3.63, 3.8) is 0 Å². The molecule has 0 spiro atoms. The molecule has 7 heteroatoms. The van der Waals surface area contributed by atoms with Crippen LogP contribution in [0.3, 0.4) is 0 Å². The van der Waals surface area contributed by atoms with Crippen LogP contribution < -0.4 is 10.1 Å². The molecule has 2 rings (SSSR count). The Bertz CT molecular complexity index is 865. The molecule has 0 aliphatic heterocycles. The van der Waals surface area contributed by atoms with Gasteiger partial charge >= 0.3 is 0 Å². The first kappa shape index (κ1) is 19.9. The lowest BCUT2D eigenvalue weighted by Crippen LogP contribution is -2.39. The molecule has 0 bridgehead atoms. The van der Waals surface area contributed by atoms with Crippen LogP contribution >= 0.6 is 0 Å². The summed E-state index contributed by atoms with van der Waals surface area (Å²) in [5.41, 5.74) is 0.756. The minimum Gasteiger partial charge on any atom is -0.478 e. The second kappa shape index (κ2) is 8.31. The molecule has 2 atom stereocenters. The number of carbonyl (C=O) groups excluding carboxylic acids is 1. The molecule has 26 heavy (non-hydrogen) atoms. The highest BCUT2D eigenvalue weighted by molar-refractivity contribution is 7.90. The van der Waals surface area contributed by atoms with Gasteiger partial charge in [0.1, 0.15) is 0 Å². The highest BCUT2D eigenvalue weighted by Gasteiger charge is 2.22. The van der Waals surface area contributed by atoms with E-state index in [0.717, 1.165) is 11.8 Å². The largest absolute Gasteiger partial charge is 0.478 e. The molecule has 0 saturated carbocycles. The molecule has 0 aliphatic rings. The molecule has 5 nitrogen and oxygen atoms in total. The van der Waals surface area contributed by atoms with Gasteiger partial charge in [0.15, 0.2) is 27.5 Å². The average molecular weight is 379 g/mol. The standard InChI is InChI=1S/C19H22FNO4S/c1-4-17(25-18-8-6-5-7-16(18)20)19(22)21-13(2)14-9-11-15(12-10-14)26(3,23)24/h5-13,17H,4H2,1-3H3,(H,21,22)/t13-,17-/m0/s1. The first-order chi connectivity index (χ1) is 12.2. The van der Waals surface area contributed by atoms with Gasteiger partial charge in [-0.2, -0.15) is 0 Å². The molecule has 0 heterocycles. The third-order valence-electron chi connectivity index (χ3n) is 3.94. The normalized spacial score (nSPS) is 13.7.